The molecule has 1 atom stereocenters. The smallest absolute Gasteiger partial charge is 0.255 e. The Bertz CT molecular complexity index is 851. The van der Waals surface area contributed by atoms with E-state index in [1.54, 1.807) is 11.8 Å². The van der Waals surface area contributed by atoms with Crippen LogP contribution in [-0.2, 0) is 11.3 Å². The van der Waals surface area contributed by atoms with Crippen LogP contribution < -0.4 is 9.47 Å². The van der Waals surface area contributed by atoms with Crippen molar-refractivity contribution >= 4 is 17.7 Å². The van der Waals surface area contributed by atoms with Crippen molar-refractivity contribution in [3.8, 4) is 11.5 Å². The number of nitrogens with zero attached hydrogens (tertiary/aromatic N) is 1. The Labute approximate surface area is 176 Å². The van der Waals surface area contributed by atoms with Crippen molar-refractivity contribution in [2.45, 2.75) is 37.3 Å². The van der Waals surface area contributed by atoms with Gasteiger partial charge in [-0.1, -0.05) is 24.3 Å². The average Bonchev–Trinajstić information content (AvgIpc) is 3.29. The third-order valence-electron chi connectivity index (χ3n) is 5.24. The maximum Gasteiger partial charge on any atom is 0.255 e. The van der Waals surface area contributed by atoms with Crippen LogP contribution in [0.2, 0.25) is 0 Å². The zero-order chi connectivity index (χ0) is 20.1. The van der Waals surface area contributed by atoms with Gasteiger partial charge in [-0.2, -0.15) is 0 Å². The number of hydrogen-bond donors (Lipinski definition) is 0. The van der Waals surface area contributed by atoms with Crippen molar-refractivity contribution in [1.82, 2.24) is 4.90 Å². The lowest BCUT2D eigenvalue weighted by molar-refractivity contribution is 0.0745. The second-order valence-corrected chi connectivity index (χ2v) is 8.26. The molecule has 4 rings (SSSR count). The Kier molecular flexibility index (Phi) is 6.62. The van der Waals surface area contributed by atoms with Crippen LogP contribution in [0.25, 0.3) is 0 Å². The molecule has 29 heavy (non-hydrogen) atoms. The number of rotatable bonds is 7. The van der Waals surface area contributed by atoms with Gasteiger partial charge in [-0.25, -0.2) is 0 Å². The fraction of sp³-hybridized carbons (Fsp3) is 0.435. The maximum atomic E-state index is 13.4. The molecule has 0 bridgehead atoms. The predicted molar refractivity (Wildman–Crippen MR) is 114 cm³/mol. The fourth-order valence-corrected chi connectivity index (χ4v) is 4.80. The van der Waals surface area contributed by atoms with Gasteiger partial charge in [-0.15, -0.1) is 11.8 Å². The van der Waals surface area contributed by atoms with E-state index in [1.165, 1.54) is 0 Å². The fourth-order valence-electron chi connectivity index (χ4n) is 3.69. The summed E-state index contributed by atoms with van der Waals surface area (Å²) in [6.45, 7) is 5.06. The molecule has 0 saturated carbocycles. The highest BCUT2D eigenvalue weighted by Gasteiger charge is 2.23. The molecule has 0 aliphatic carbocycles. The van der Waals surface area contributed by atoms with Gasteiger partial charge < -0.3 is 19.1 Å². The van der Waals surface area contributed by atoms with Gasteiger partial charge in [0, 0.05) is 35.9 Å². The largest absolute Gasteiger partial charge is 0.486 e. The topological polar surface area (TPSA) is 48.0 Å². The molecule has 1 amide bonds. The van der Waals surface area contributed by atoms with E-state index in [2.05, 4.69) is 0 Å². The first-order valence-electron chi connectivity index (χ1n) is 10.3. The molecule has 5 nitrogen and oxygen atoms in total. The number of fused-ring (bicyclic) bond motifs is 1. The molecular weight excluding hydrogens is 386 g/mol. The number of benzene rings is 2. The summed E-state index contributed by atoms with van der Waals surface area (Å²) in [4.78, 5) is 16.2. The van der Waals surface area contributed by atoms with Crippen molar-refractivity contribution in [3.05, 3.63) is 53.6 Å². The summed E-state index contributed by atoms with van der Waals surface area (Å²) in [5, 5.41) is 0. The quantitative estimate of drug-likeness (QED) is 0.630. The molecule has 6 heteroatoms. The molecule has 0 aromatic heterocycles. The van der Waals surface area contributed by atoms with E-state index in [-0.39, 0.29) is 5.91 Å². The van der Waals surface area contributed by atoms with E-state index in [0.717, 1.165) is 52.7 Å². The SMILES string of the molecule is CCN(Cc1cccc2c1OCCO2)C(=O)c1ccccc1SCC1CCCO1. The van der Waals surface area contributed by atoms with E-state index in [0.29, 0.717) is 32.4 Å². The van der Waals surface area contributed by atoms with E-state index in [1.807, 2.05) is 54.3 Å². The normalized spacial score (nSPS) is 17.9. The van der Waals surface area contributed by atoms with Crippen molar-refractivity contribution in [3.63, 3.8) is 0 Å². The Hall–Kier alpha value is -2.18. The van der Waals surface area contributed by atoms with Gasteiger partial charge in [-0.3, -0.25) is 4.79 Å². The van der Waals surface area contributed by atoms with Crippen LogP contribution >= 0.6 is 11.8 Å². The van der Waals surface area contributed by atoms with Crippen molar-refractivity contribution in [1.29, 1.82) is 0 Å². The summed E-state index contributed by atoms with van der Waals surface area (Å²) in [7, 11) is 0. The van der Waals surface area contributed by atoms with Crippen LogP contribution in [-0.4, -0.2) is 49.0 Å². The molecular formula is C23H27NO4S. The molecule has 1 unspecified atom stereocenters. The average molecular weight is 414 g/mol. The van der Waals surface area contributed by atoms with Crippen molar-refractivity contribution in [2.24, 2.45) is 0 Å². The van der Waals surface area contributed by atoms with Crippen LogP contribution in [0.15, 0.2) is 47.4 Å². The van der Waals surface area contributed by atoms with Crippen LogP contribution in [0.3, 0.4) is 0 Å². The van der Waals surface area contributed by atoms with Crippen molar-refractivity contribution < 1.29 is 19.0 Å². The summed E-state index contributed by atoms with van der Waals surface area (Å²) >= 11 is 1.71. The standard InChI is InChI=1S/C23H27NO4S/c1-2-24(15-17-7-5-10-20-22(17)28-14-13-27-20)23(25)19-9-3-4-11-21(19)29-16-18-8-6-12-26-18/h3-5,7,9-11,18H,2,6,8,12-16H2,1H3. The molecule has 0 N–H and O–H groups in total. The Morgan fingerprint density at radius 3 is 2.79 bits per heavy atom. The number of hydrogen-bond acceptors (Lipinski definition) is 5. The van der Waals surface area contributed by atoms with Gasteiger partial charge in [-0.05, 0) is 38.0 Å². The third kappa shape index (κ3) is 4.70. The third-order valence-corrected chi connectivity index (χ3v) is 6.45. The molecule has 2 aromatic rings. The van der Waals surface area contributed by atoms with Crippen LogP contribution in [0.1, 0.15) is 35.7 Å². The van der Waals surface area contributed by atoms with E-state index in [4.69, 9.17) is 14.2 Å². The lowest BCUT2D eigenvalue weighted by Gasteiger charge is -2.26. The minimum absolute atomic E-state index is 0.0391. The van der Waals surface area contributed by atoms with Gasteiger partial charge in [0.1, 0.15) is 13.2 Å². The number of carbonyl (C=O) groups is 1. The van der Waals surface area contributed by atoms with Crippen LogP contribution in [0.4, 0.5) is 0 Å². The first-order chi connectivity index (χ1) is 14.3. The number of amides is 1. The van der Waals surface area contributed by atoms with Crippen molar-refractivity contribution in [2.75, 3.05) is 32.1 Å². The lowest BCUT2D eigenvalue weighted by Crippen LogP contribution is -2.31. The summed E-state index contributed by atoms with van der Waals surface area (Å²) in [5.41, 5.74) is 1.72. The second-order valence-electron chi connectivity index (χ2n) is 7.20. The number of carbonyl (C=O) groups excluding carboxylic acids is 1. The molecule has 0 radical (unpaired) electrons. The highest BCUT2D eigenvalue weighted by atomic mass is 32.2. The minimum atomic E-state index is 0.0391. The summed E-state index contributed by atoms with van der Waals surface area (Å²) in [6, 6.07) is 13.7. The molecule has 1 fully saturated rings. The zero-order valence-electron chi connectivity index (χ0n) is 16.8. The van der Waals surface area contributed by atoms with Crippen LogP contribution in [0.5, 0.6) is 11.5 Å². The van der Waals surface area contributed by atoms with Gasteiger partial charge in [0.2, 0.25) is 0 Å². The van der Waals surface area contributed by atoms with Gasteiger partial charge in [0.15, 0.2) is 11.5 Å². The minimum Gasteiger partial charge on any atom is -0.486 e. The first-order valence-corrected chi connectivity index (χ1v) is 11.2. The molecule has 2 aliphatic rings. The lowest BCUT2D eigenvalue weighted by atomic mass is 10.1. The van der Waals surface area contributed by atoms with Gasteiger partial charge in [0.25, 0.3) is 5.91 Å². The number of thioether (sulfide) groups is 1. The second kappa shape index (κ2) is 9.55. The molecule has 0 spiro atoms. The molecule has 1 saturated heterocycles. The Morgan fingerprint density at radius 2 is 1.97 bits per heavy atom. The monoisotopic (exact) mass is 413 g/mol. The first kappa shape index (κ1) is 20.1. The van der Waals surface area contributed by atoms with E-state index < -0.39 is 0 Å². The Morgan fingerprint density at radius 1 is 1.10 bits per heavy atom. The number of para-hydroxylation sites is 1. The van der Waals surface area contributed by atoms with Gasteiger partial charge in [0.05, 0.1) is 11.7 Å². The predicted octanol–water partition coefficient (Wildman–Crippen LogP) is 4.39. The molecule has 2 heterocycles. The molecule has 2 aromatic carbocycles. The van der Waals surface area contributed by atoms with Crippen LogP contribution in [0, 0.1) is 0 Å². The maximum absolute atomic E-state index is 13.4. The highest BCUT2D eigenvalue weighted by molar-refractivity contribution is 7.99. The summed E-state index contributed by atoms with van der Waals surface area (Å²) < 4.78 is 17.2. The number of ether oxygens (including phenoxy) is 3. The molecule has 2 aliphatic heterocycles. The van der Waals surface area contributed by atoms with E-state index in [9.17, 15) is 4.79 Å². The zero-order valence-corrected chi connectivity index (χ0v) is 17.6. The Balaban J connectivity index is 1.50. The molecule has 154 valence electrons. The van der Waals surface area contributed by atoms with Gasteiger partial charge >= 0.3 is 0 Å². The highest BCUT2D eigenvalue weighted by Crippen LogP contribution is 2.35. The van der Waals surface area contributed by atoms with E-state index >= 15 is 0 Å². The summed E-state index contributed by atoms with van der Waals surface area (Å²) in [5.74, 6) is 2.43. The summed E-state index contributed by atoms with van der Waals surface area (Å²) in [6.07, 6.45) is 2.52.